The van der Waals surface area contributed by atoms with Gasteiger partial charge < -0.3 is 10.1 Å². The van der Waals surface area contributed by atoms with Crippen LogP contribution in [0, 0.1) is 0 Å². The fraction of sp³-hybridized carbons (Fsp3) is 0.625. The predicted octanol–water partition coefficient (Wildman–Crippen LogP) is 0.510. The largest absolute Gasteiger partial charge is 0.467 e. The second kappa shape index (κ2) is 5.97. The quantitative estimate of drug-likeness (QED) is 0.449. The molecule has 0 rings (SSSR count). The first-order chi connectivity index (χ1) is 6.88. The molecule has 86 valence electrons. The van der Waals surface area contributed by atoms with E-state index < -0.39 is 16.7 Å². The summed E-state index contributed by atoms with van der Waals surface area (Å²) in [7, 11) is 1.16. The molecule has 0 spiro atoms. The van der Waals surface area contributed by atoms with E-state index in [9.17, 15) is 14.4 Å². The molecule has 0 bridgehead atoms. The molecule has 1 N–H and O–H groups in total. The van der Waals surface area contributed by atoms with Crippen molar-refractivity contribution in [2.75, 3.05) is 13.0 Å². The first-order valence-electron chi connectivity index (χ1n) is 4.00. The van der Waals surface area contributed by atoms with Gasteiger partial charge in [0.2, 0.25) is 10.8 Å². The number of rotatable bonds is 4. The summed E-state index contributed by atoms with van der Waals surface area (Å²) in [5.74, 6) is -1.47. The normalized spacial score (nSPS) is 13.9. The summed E-state index contributed by atoms with van der Waals surface area (Å²) in [5, 5.41) is 1.98. The van der Waals surface area contributed by atoms with Crippen molar-refractivity contribution in [2.45, 2.75) is 18.7 Å². The van der Waals surface area contributed by atoms with Crippen molar-refractivity contribution in [2.24, 2.45) is 0 Å². The maximum atomic E-state index is 11.4. The predicted molar refractivity (Wildman–Crippen MR) is 57.6 cm³/mol. The zero-order valence-electron chi connectivity index (χ0n) is 8.63. The number of carbonyl (C=O) groups excluding carboxylic acids is 3. The second-order valence-electron chi connectivity index (χ2n) is 2.73. The lowest BCUT2D eigenvalue weighted by atomic mass is 10.3. The number of ether oxygens (including phenoxy) is 1. The fourth-order valence-corrected chi connectivity index (χ4v) is 2.17. The van der Waals surface area contributed by atoms with Gasteiger partial charge in [-0.2, -0.15) is 0 Å². The Bertz CT molecular complexity index is 266. The zero-order valence-corrected chi connectivity index (χ0v) is 10.2. The Hall–Kier alpha value is -0.750. The van der Waals surface area contributed by atoms with Crippen molar-refractivity contribution in [1.82, 2.24) is 5.32 Å². The Morgan fingerprint density at radius 3 is 2.20 bits per heavy atom. The number of carbonyl (C=O) groups is 3. The minimum Gasteiger partial charge on any atom is -0.467 e. The Morgan fingerprint density at radius 1 is 1.40 bits per heavy atom. The van der Waals surface area contributed by atoms with Crippen molar-refractivity contribution in [1.29, 1.82) is 0 Å². The van der Waals surface area contributed by atoms with Crippen LogP contribution in [0.5, 0.6) is 0 Å². The van der Waals surface area contributed by atoms with Gasteiger partial charge in [0, 0.05) is 13.8 Å². The van der Waals surface area contributed by atoms with E-state index in [0.29, 0.717) is 11.8 Å². The van der Waals surface area contributed by atoms with Gasteiger partial charge in [-0.25, -0.2) is 4.79 Å². The van der Waals surface area contributed by atoms with Crippen LogP contribution in [-0.2, 0) is 19.1 Å². The number of halogens is 1. The molecule has 0 aliphatic carbocycles. The van der Waals surface area contributed by atoms with Crippen molar-refractivity contribution in [3.8, 4) is 0 Å². The molecular weight excluding hydrogens is 242 g/mol. The molecule has 0 aromatic carbocycles. The molecule has 1 amide bonds. The molecule has 0 aliphatic heterocycles. The van der Waals surface area contributed by atoms with E-state index in [1.807, 2.05) is 0 Å². The van der Waals surface area contributed by atoms with Gasteiger partial charge in [0.1, 0.15) is 0 Å². The zero-order chi connectivity index (χ0) is 12.1. The third-order valence-corrected chi connectivity index (χ3v) is 3.01. The Kier molecular flexibility index (Phi) is 5.67. The van der Waals surface area contributed by atoms with E-state index in [1.54, 1.807) is 0 Å². The highest BCUT2D eigenvalue weighted by Crippen LogP contribution is 2.26. The molecular formula is C8H12ClNO4S. The van der Waals surface area contributed by atoms with Crippen LogP contribution in [0.25, 0.3) is 0 Å². The Morgan fingerprint density at radius 2 is 1.93 bits per heavy atom. The molecule has 0 fully saturated rings. The summed E-state index contributed by atoms with van der Waals surface area (Å²) in [6.45, 7) is 2.50. The van der Waals surface area contributed by atoms with E-state index in [1.165, 1.54) is 13.8 Å². The number of esters is 1. The van der Waals surface area contributed by atoms with E-state index in [0.717, 1.165) is 7.11 Å². The minimum atomic E-state index is -1.53. The third-order valence-electron chi connectivity index (χ3n) is 1.40. The average Bonchev–Trinajstić information content (AvgIpc) is 2.13. The third kappa shape index (κ3) is 4.09. The highest BCUT2D eigenvalue weighted by molar-refractivity contribution is 8.15. The number of alkyl halides is 1. The Balaban J connectivity index is 4.99. The van der Waals surface area contributed by atoms with Crippen LogP contribution in [0.4, 0.5) is 0 Å². The van der Waals surface area contributed by atoms with E-state index >= 15 is 0 Å². The van der Waals surface area contributed by atoms with Gasteiger partial charge in [-0.05, 0) is 11.8 Å². The smallest absolute Gasteiger partial charge is 0.344 e. The van der Waals surface area contributed by atoms with Crippen LogP contribution in [0.15, 0.2) is 0 Å². The highest BCUT2D eigenvalue weighted by atomic mass is 35.5. The molecule has 7 heteroatoms. The fourth-order valence-electron chi connectivity index (χ4n) is 0.928. The van der Waals surface area contributed by atoms with Crippen LogP contribution in [-0.4, -0.2) is 34.9 Å². The number of nitrogens with one attached hydrogen (secondary N) is 1. The molecule has 0 aromatic rings. The molecule has 15 heavy (non-hydrogen) atoms. The van der Waals surface area contributed by atoms with Crippen LogP contribution in [0.2, 0.25) is 0 Å². The number of thioether (sulfide) groups is 1. The van der Waals surface area contributed by atoms with Crippen LogP contribution in [0.3, 0.4) is 0 Å². The van der Waals surface area contributed by atoms with Gasteiger partial charge in [0.25, 0.3) is 0 Å². The number of amides is 1. The second-order valence-corrected chi connectivity index (χ2v) is 4.47. The molecule has 0 aromatic heterocycles. The van der Waals surface area contributed by atoms with Crippen LogP contribution >= 0.6 is 23.4 Å². The Labute approximate surface area is 96.9 Å². The maximum absolute atomic E-state index is 11.4. The number of hydrogen-bond donors (Lipinski definition) is 1. The van der Waals surface area contributed by atoms with Gasteiger partial charge in [-0.1, -0.05) is 0 Å². The first kappa shape index (κ1) is 14.2. The minimum absolute atomic E-state index is 0.247. The molecule has 0 radical (unpaired) electrons. The summed E-state index contributed by atoms with van der Waals surface area (Å²) < 4.78 is 4.50. The number of hydrogen-bond acceptors (Lipinski definition) is 5. The molecule has 1 atom stereocenters. The van der Waals surface area contributed by atoms with Gasteiger partial charge in [0.05, 0.1) is 13.0 Å². The molecule has 0 unspecified atom stereocenters. The van der Waals surface area contributed by atoms with Crippen LogP contribution in [0.1, 0.15) is 13.8 Å². The average molecular weight is 254 g/mol. The summed E-state index contributed by atoms with van der Waals surface area (Å²) in [4.78, 5) is 31.8. The van der Waals surface area contributed by atoms with Crippen molar-refractivity contribution in [3.05, 3.63) is 0 Å². The first-order valence-corrected chi connectivity index (χ1v) is 5.35. The molecule has 0 heterocycles. The van der Waals surface area contributed by atoms with E-state index in [2.05, 4.69) is 10.1 Å². The molecule has 0 aliphatic rings. The standard InChI is InChI=1S/C8H12ClNO4S/c1-5(11)10-8(4-9,7(13)14-3)15-6(2)12/h4H2,1-3H3,(H,10,11)/t8-/m1/s1. The van der Waals surface area contributed by atoms with E-state index in [-0.39, 0.29) is 11.0 Å². The lowest BCUT2D eigenvalue weighted by molar-refractivity contribution is -0.145. The maximum Gasteiger partial charge on any atom is 0.344 e. The van der Waals surface area contributed by atoms with Crippen LogP contribution < -0.4 is 5.32 Å². The summed E-state index contributed by atoms with van der Waals surface area (Å²) >= 11 is 6.23. The summed E-state index contributed by atoms with van der Waals surface area (Å²) in [6, 6.07) is 0. The van der Waals surface area contributed by atoms with E-state index in [4.69, 9.17) is 11.6 Å². The molecule has 0 saturated carbocycles. The van der Waals surface area contributed by atoms with Gasteiger partial charge in [0.15, 0.2) is 5.12 Å². The van der Waals surface area contributed by atoms with Crippen molar-refractivity contribution in [3.63, 3.8) is 0 Å². The lowest BCUT2D eigenvalue weighted by Gasteiger charge is -2.27. The van der Waals surface area contributed by atoms with Gasteiger partial charge in [-0.3, -0.25) is 9.59 Å². The summed E-state index contributed by atoms with van der Waals surface area (Å²) in [5.41, 5.74) is 0. The SMILES string of the molecule is COC(=O)[C@](CCl)(NC(C)=O)SC(C)=O. The number of methoxy groups -OCH3 is 1. The monoisotopic (exact) mass is 253 g/mol. The van der Waals surface area contributed by atoms with Gasteiger partial charge >= 0.3 is 5.97 Å². The lowest BCUT2D eigenvalue weighted by Crippen LogP contribution is -2.54. The summed E-state index contributed by atoms with van der Waals surface area (Å²) in [6.07, 6.45) is 0. The van der Waals surface area contributed by atoms with Crippen molar-refractivity contribution < 1.29 is 19.1 Å². The van der Waals surface area contributed by atoms with Gasteiger partial charge in [-0.15, -0.1) is 11.6 Å². The van der Waals surface area contributed by atoms with Crippen molar-refractivity contribution >= 4 is 40.4 Å². The molecule has 5 nitrogen and oxygen atoms in total. The highest BCUT2D eigenvalue weighted by Gasteiger charge is 2.42. The topological polar surface area (TPSA) is 72.5 Å². The molecule has 0 saturated heterocycles.